The second-order valence-corrected chi connectivity index (χ2v) is 5.74. The lowest BCUT2D eigenvalue weighted by Gasteiger charge is -2.18. The quantitative estimate of drug-likeness (QED) is 0.794. The summed E-state index contributed by atoms with van der Waals surface area (Å²) in [5, 5.41) is 3.82. The van der Waals surface area contributed by atoms with Crippen molar-refractivity contribution in [3.63, 3.8) is 0 Å². The topological polar surface area (TPSA) is 12.0 Å². The van der Waals surface area contributed by atoms with Crippen LogP contribution in [0.15, 0.2) is 48.5 Å². The third kappa shape index (κ3) is 5.14. The highest BCUT2D eigenvalue weighted by Crippen LogP contribution is 2.20. The summed E-state index contributed by atoms with van der Waals surface area (Å²) in [5.74, 6) is 0.153. The minimum atomic E-state index is -0.211. The van der Waals surface area contributed by atoms with Crippen LogP contribution in [-0.4, -0.2) is 13.1 Å². The third-order valence-electron chi connectivity index (χ3n) is 3.57. The standard InChI is InChI=1S/C18H21ClFN/c1-2-21-13-15(10-14-6-4-3-5-7-14)11-16-8-9-17(19)12-18(16)20/h3-9,12,15,21H,2,10-11,13H2,1H3. The first kappa shape index (κ1) is 16.0. The molecule has 1 N–H and O–H groups in total. The van der Waals surface area contributed by atoms with E-state index in [9.17, 15) is 4.39 Å². The molecular formula is C18H21ClFN. The lowest BCUT2D eigenvalue weighted by atomic mass is 9.92. The first-order valence-corrected chi connectivity index (χ1v) is 7.75. The van der Waals surface area contributed by atoms with E-state index in [1.807, 2.05) is 18.2 Å². The fraction of sp³-hybridized carbons (Fsp3) is 0.333. The van der Waals surface area contributed by atoms with Crippen molar-refractivity contribution in [2.75, 3.05) is 13.1 Å². The molecule has 0 saturated carbocycles. The lowest BCUT2D eigenvalue weighted by Crippen LogP contribution is -2.26. The summed E-state index contributed by atoms with van der Waals surface area (Å²) in [6.45, 7) is 3.89. The predicted octanol–water partition coefficient (Wildman–Crippen LogP) is 4.49. The second-order valence-electron chi connectivity index (χ2n) is 5.30. The van der Waals surface area contributed by atoms with Crippen LogP contribution < -0.4 is 5.32 Å². The van der Waals surface area contributed by atoms with Gasteiger partial charge in [0, 0.05) is 5.02 Å². The Bertz CT molecular complexity index is 556. The average molecular weight is 306 g/mol. The van der Waals surface area contributed by atoms with Crippen LogP contribution in [0.25, 0.3) is 0 Å². The van der Waals surface area contributed by atoms with Crippen LogP contribution in [0.5, 0.6) is 0 Å². The van der Waals surface area contributed by atoms with Crippen molar-refractivity contribution in [1.82, 2.24) is 5.32 Å². The minimum Gasteiger partial charge on any atom is -0.317 e. The molecule has 2 rings (SSSR count). The first-order chi connectivity index (χ1) is 10.2. The van der Waals surface area contributed by atoms with E-state index >= 15 is 0 Å². The molecular weight excluding hydrogens is 285 g/mol. The van der Waals surface area contributed by atoms with E-state index in [1.165, 1.54) is 11.6 Å². The summed E-state index contributed by atoms with van der Waals surface area (Å²) in [5.41, 5.74) is 2.02. The van der Waals surface area contributed by atoms with E-state index in [-0.39, 0.29) is 5.82 Å². The van der Waals surface area contributed by atoms with E-state index in [1.54, 1.807) is 12.1 Å². The highest BCUT2D eigenvalue weighted by atomic mass is 35.5. The van der Waals surface area contributed by atoms with Gasteiger partial charge in [0.15, 0.2) is 0 Å². The van der Waals surface area contributed by atoms with Gasteiger partial charge in [0.05, 0.1) is 0 Å². The molecule has 0 heterocycles. The summed E-state index contributed by atoms with van der Waals surface area (Å²) >= 11 is 5.81. The van der Waals surface area contributed by atoms with Crippen LogP contribution in [0.2, 0.25) is 5.02 Å². The zero-order chi connectivity index (χ0) is 15.1. The van der Waals surface area contributed by atoms with Gasteiger partial charge in [-0.15, -0.1) is 0 Å². The predicted molar refractivity (Wildman–Crippen MR) is 87.3 cm³/mol. The van der Waals surface area contributed by atoms with Crippen molar-refractivity contribution in [3.8, 4) is 0 Å². The number of hydrogen-bond donors (Lipinski definition) is 1. The second kappa shape index (κ2) is 8.16. The maximum absolute atomic E-state index is 14.0. The monoisotopic (exact) mass is 305 g/mol. The fourth-order valence-electron chi connectivity index (χ4n) is 2.51. The maximum Gasteiger partial charge on any atom is 0.127 e. The van der Waals surface area contributed by atoms with Gasteiger partial charge in [0.1, 0.15) is 5.82 Å². The Labute approximate surface area is 131 Å². The SMILES string of the molecule is CCNCC(Cc1ccccc1)Cc1ccc(Cl)cc1F. The Morgan fingerprint density at radius 3 is 2.52 bits per heavy atom. The van der Waals surface area contributed by atoms with E-state index in [0.717, 1.165) is 25.1 Å². The van der Waals surface area contributed by atoms with Gasteiger partial charge in [0.25, 0.3) is 0 Å². The van der Waals surface area contributed by atoms with Crippen LogP contribution in [0.1, 0.15) is 18.1 Å². The molecule has 112 valence electrons. The van der Waals surface area contributed by atoms with E-state index in [2.05, 4.69) is 24.4 Å². The molecule has 0 spiro atoms. The number of benzene rings is 2. The Balaban J connectivity index is 2.08. The molecule has 2 aromatic carbocycles. The zero-order valence-corrected chi connectivity index (χ0v) is 13.0. The highest BCUT2D eigenvalue weighted by Gasteiger charge is 2.13. The molecule has 1 nitrogen and oxygen atoms in total. The van der Waals surface area contributed by atoms with Gasteiger partial charge in [-0.25, -0.2) is 4.39 Å². The van der Waals surface area contributed by atoms with Gasteiger partial charge in [-0.1, -0.05) is 54.9 Å². The third-order valence-corrected chi connectivity index (χ3v) is 3.81. The summed E-state index contributed by atoms with van der Waals surface area (Å²) in [4.78, 5) is 0. The Morgan fingerprint density at radius 2 is 1.86 bits per heavy atom. The van der Waals surface area contributed by atoms with Crippen molar-refractivity contribution in [2.24, 2.45) is 5.92 Å². The van der Waals surface area contributed by atoms with Crippen molar-refractivity contribution >= 4 is 11.6 Å². The number of nitrogens with one attached hydrogen (secondary N) is 1. The largest absolute Gasteiger partial charge is 0.317 e. The van der Waals surface area contributed by atoms with Crippen LogP contribution in [0.3, 0.4) is 0 Å². The van der Waals surface area contributed by atoms with Gasteiger partial charge >= 0.3 is 0 Å². The van der Waals surface area contributed by atoms with Gasteiger partial charge in [-0.2, -0.15) is 0 Å². The Kier molecular flexibility index (Phi) is 6.21. The fourth-order valence-corrected chi connectivity index (χ4v) is 2.67. The normalized spacial score (nSPS) is 12.3. The minimum absolute atomic E-state index is 0.211. The van der Waals surface area contributed by atoms with Crippen LogP contribution in [0.4, 0.5) is 4.39 Å². The average Bonchev–Trinajstić information content (AvgIpc) is 2.48. The van der Waals surface area contributed by atoms with Crippen LogP contribution >= 0.6 is 11.6 Å². The summed E-state index contributed by atoms with van der Waals surface area (Å²) in [6, 6.07) is 15.3. The molecule has 0 aliphatic carbocycles. The first-order valence-electron chi connectivity index (χ1n) is 7.37. The molecule has 2 aromatic rings. The molecule has 1 atom stereocenters. The van der Waals surface area contributed by atoms with Crippen LogP contribution in [0, 0.1) is 11.7 Å². The van der Waals surface area contributed by atoms with Crippen molar-refractivity contribution in [1.29, 1.82) is 0 Å². The van der Waals surface area contributed by atoms with E-state index in [4.69, 9.17) is 11.6 Å². The molecule has 0 saturated heterocycles. The van der Waals surface area contributed by atoms with Crippen molar-refractivity contribution < 1.29 is 4.39 Å². The Morgan fingerprint density at radius 1 is 1.10 bits per heavy atom. The molecule has 0 aliphatic heterocycles. The lowest BCUT2D eigenvalue weighted by molar-refractivity contribution is 0.467. The number of rotatable bonds is 7. The number of halogens is 2. The molecule has 0 amide bonds. The van der Waals surface area contributed by atoms with Crippen LogP contribution in [-0.2, 0) is 12.8 Å². The van der Waals surface area contributed by atoms with Gasteiger partial charge in [0.2, 0.25) is 0 Å². The Hall–Kier alpha value is -1.38. The molecule has 0 aromatic heterocycles. The smallest absolute Gasteiger partial charge is 0.127 e. The highest BCUT2D eigenvalue weighted by molar-refractivity contribution is 6.30. The maximum atomic E-state index is 14.0. The molecule has 0 fully saturated rings. The summed E-state index contributed by atoms with van der Waals surface area (Å²) < 4.78 is 14.0. The van der Waals surface area contributed by atoms with Gasteiger partial charge in [-0.3, -0.25) is 0 Å². The molecule has 1 unspecified atom stereocenters. The van der Waals surface area contributed by atoms with Gasteiger partial charge < -0.3 is 5.32 Å². The van der Waals surface area contributed by atoms with Crippen molar-refractivity contribution in [3.05, 3.63) is 70.5 Å². The molecule has 0 radical (unpaired) electrons. The van der Waals surface area contributed by atoms with Crippen molar-refractivity contribution in [2.45, 2.75) is 19.8 Å². The molecule has 0 bridgehead atoms. The summed E-state index contributed by atoms with van der Waals surface area (Å²) in [6.07, 6.45) is 1.65. The molecule has 3 heteroatoms. The molecule has 0 aliphatic rings. The number of hydrogen-bond acceptors (Lipinski definition) is 1. The van der Waals surface area contributed by atoms with E-state index < -0.39 is 0 Å². The van der Waals surface area contributed by atoms with Gasteiger partial charge in [-0.05, 0) is 55.1 Å². The zero-order valence-electron chi connectivity index (χ0n) is 12.3. The van der Waals surface area contributed by atoms with E-state index in [0.29, 0.717) is 17.4 Å². The molecule has 21 heavy (non-hydrogen) atoms. The summed E-state index contributed by atoms with van der Waals surface area (Å²) in [7, 11) is 0.